The molecule has 0 saturated carbocycles. The van der Waals surface area contributed by atoms with E-state index in [1.54, 1.807) is 36.5 Å². The third kappa shape index (κ3) is 5.50. The molecule has 0 saturated heterocycles. The Morgan fingerprint density at radius 3 is 2.47 bits per heavy atom. The zero-order chi connectivity index (χ0) is 23.9. The van der Waals surface area contributed by atoms with E-state index in [1.807, 2.05) is 74.6 Å². The molecule has 0 spiro atoms. The lowest BCUT2D eigenvalue weighted by Gasteiger charge is -2.14. The van der Waals surface area contributed by atoms with Gasteiger partial charge in [0.2, 0.25) is 0 Å². The molecule has 3 aromatic carbocycles. The van der Waals surface area contributed by atoms with Crippen LogP contribution in [-0.4, -0.2) is 35.4 Å². The number of hydrazone groups is 1. The van der Waals surface area contributed by atoms with Crippen LogP contribution in [0.4, 0.5) is 5.82 Å². The maximum absolute atomic E-state index is 10.2. The topological polar surface area (TPSA) is 80.1 Å². The zero-order valence-electron chi connectivity index (χ0n) is 19.3. The van der Waals surface area contributed by atoms with E-state index < -0.39 is 0 Å². The predicted molar refractivity (Wildman–Crippen MR) is 134 cm³/mol. The minimum Gasteiger partial charge on any atom is -0.507 e. The van der Waals surface area contributed by atoms with Crippen LogP contribution in [0.1, 0.15) is 16.8 Å². The summed E-state index contributed by atoms with van der Waals surface area (Å²) in [6.07, 6.45) is 1.73. The van der Waals surface area contributed by atoms with E-state index in [1.165, 1.54) is 0 Å². The Labute approximate surface area is 199 Å². The molecule has 0 bridgehead atoms. The van der Waals surface area contributed by atoms with Crippen molar-refractivity contribution in [2.24, 2.45) is 5.10 Å². The summed E-state index contributed by atoms with van der Waals surface area (Å²) in [4.78, 5) is 9.04. The Bertz CT molecular complexity index is 1290. The summed E-state index contributed by atoms with van der Waals surface area (Å²) in [7, 11) is 3.43. The van der Waals surface area contributed by atoms with Crippen LogP contribution in [0, 0.1) is 6.92 Å². The van der Waals surface area contributed by atoms with Gasteiger partial charge in [-0.2, -0.15) is 5.10 Å². The number of ether oxygens (including phenoxy) is 2. The third-order valence-electron chi connectivity index (χ3n) is 5.12. The fourth-order valence-electron chi connectivity index (χ4n) is 3.34. The molecule has 0 atom stereocenters. The molecule has 0 aliphatic rings. The fraction of sp³-hybridized carbons (Fsp3) is 0.148. The van der Waals surface area contributed by atoms with Gasteiger partial charge in [-0.25, -0.2) is 9.97 Å². The second-order valence-electron chi connectivity index (χ2n) is 7.66. The van der Waals surface area contributed by atoms with Crippen molar-refractivity contribution in [1.82, 2.24) is 9.97 Å². The molecule has 4 aromatic rings. The van der Waals surface area contributed by atoms with Gasteiger partial charge in [0.1, 0.15) is 12.4 Å². The monoisotopic (exact) mass is 454 g/mol. The maximum atomic E-state index is 10.2. The highest BCUT2D eigenvalue weighted by Crippen LogP contribution is 2.29. The molecule has 0 unspecified atom stereocenters. The summed E-state index contributed by atoms with van der Waals surface area (Å²) in [6.45, 7) is 2.32. The Morgan fingerprint density at radius 2 is 1.71 bits per heavy atom. The number of aromatic nitrogens is 2. The highest BCUT2D eigenvalue weighted by Gasteiger charge is 2.11. The third-order valence-corrected chi connectivity index (χ3v) is 5.12. The molecule has 0 aliphatic heterocycles. The number of methoxy groups -OCH3 is 1. The van der Waals surface area contributed by atoms with Crippen LogP contribution >= 0.6 is 0 Å². The molecule has 172 valence electrons. The van der Waals surface area contributed by atoms with Crippen molar-refractivity contribution in [1.29, 1.82) is 0 Å². The first-order valence-electron chi connectivity index (χ1n) is 10.8. The minimum atomic E-state index is 0.131. The summed E-state index contributed by atoms with van der Waals surface area (Å²) in [5, 5.41) is 16.4. The number of anilines is 1. The van der Waals surface area contributed by atoms with Crippen LogP contribution in [0.3, 0.4) is 0 Å². The van der Waals surface area contributed by atoms with Crippen LogP contribution in [0.5, 0.6) is 17.2 Å². The van der Waals surface area contributed by atoms with Gasteiger partial charge in [-0.1, -0.05) is 42.5 Å². The van der Waals surface area contributed by atoms with Gasteiger partial charge in [-0.15, -0.1) is 0 Å². The summed E-state index contributed by atoms with van der Waals surface area (Å²) < 4.78 is 11.4. The number of phenolic OH excluding ortho intramolecular Hbond substituents is 1. The first-order valence-corrected chi connectivity index (χ1v) is 10.8. The lowest BCUT2D eigenvalue weighted by Crippen LogP contribution is -2.12. The van der Waals surface area contributed by atoms with Crippen molar-refractivity contribution in [3.8, 4) is 28.6 Å². The molecule has 4 rings (SSSR count). The summed E-state index contributed by atoms with van der Waals surface area (Å²) in [5.74, 6) is 2.47. The fourth-order valence-corrected chi connectivity index (χ4v) is 3.34. The molecule has 1 heterocycles. The lowest BCUT2D eigenvalue weighted by molar-refractivity contribution is 0.284. The van der Waals surface area contributed by atoms with E-state index in [0.29, 0.717) is 35.3 Å². The predicted octanol–water partition coefficient (Wildman–Crippen LogP) is 5.22. The number of benzene rings is 3. The number of hydrogen-bond acceptors (Lipinski definition) is 7. The Balaban J connectivity index is 1.53. The summed E-state index contributed by atoms with van der Waals surface area (Å²) in [6, 6.07) is 24.4. The first kappa shape index (κ1) is 22.8. The van der Waals surface area contributed by atoms with Crippen molar-refractivity contribution in [2.45, 2.75) is 13.5 Å². The van der Waals surface area contributed by atoms with Gasteiger partial charge in [-0.3, -0.25) is 5.01 Å². The Hall–Kier alpha value is -4.39. The summed E-state index contributed by atoms with van der Waals surface area (Å²) >= 11 is 0. The molecule has 7 heteroatoms. The van der Waals surface area contributed by atoms with Crippen LogP contribution in [0.25, 0.3) is 11.4 Å². The minimum absolute atomic E-state index is 0.131. The number of nitrogens with zero attached hydrogens (tertiary/aromatic N) is 4. The van der Waals surface area contributed by atoms with Crippen LogP contribution in [0.15, 0.2) is 84.0 Å². The number of para-hydroxylation sites is 1. The maximum Gasteiger partial charge on any atom is 0.165 e. The molecule has 0 amide bonds. The molecule has 0 radical (unpaired) electrons. The molecule has 7 nitrogen and oxygen atoms in total. The van der Waals surface area contributed by atoms with Gasteiger partial charge in [0.05, 0.1) is 18.9 Å². The Kier molecular flexibility index (Phi) is 7.03. The highest BCUT2D eigenvalue weighted by atomic mass is 16.5. The van der Waals surface area contributed by atoms with Crippen molar-refractivity contribution >= 4 is 12.0 Å². The standard InChI is InChI=1S/C27H26N4O3/c1-19-15-26(30-27(29-19)22-11-7-8-12-23(22)32)31(2)28-17-21-13-14-24(33-3)25(16-21)34-18-20-9-5-4-6-10-20/h4-17,32H,18H2,1-3H3/b28-17-. The molecule has 0 fully saturated rings. The smallest absolute Gasteiger partial charge is 0.165 e. The average molecular weight is 455 g/mol. The van der Waals surface area contributed by atoms with Crippen LogP contribution < -0.4 is 14.5 Å². The first-order chi connectivity index (χ1) is 16.5. The number of rotatable bonds is 8. The van der Waals surface area contributed by atoms with E-state index >= 15 is 0 Å². The van der Waals surface area contributed by atoms with Gasteiger partial charge < -0.3 is 14.6 Å². The highest BCUT2D eigenvalue weighted by molar-refractivity contribution is 5.81. The lowest BCUT2D eigenvalue weighted by atomic mass is 10.2. The number of aromatic hydroxyl groups is 1. The Morgan fingerprint density at radius 1 is 0.941 bits per heavy atom. The SMILES string of the molecule is COc1ccc(/C=N\N(C)c2cc(C)nc(-c3ccccc3O)n2)cc1OCc1ccccc1. The van der Waals surface area contributed by atoms with Gasteiger partial charge in [0.25, 0.3) is 0 Å². The van der Waals surface area contributed by atoms with E-state index in [0.717, 1.165) is 16.8 Å². The largest absolute Gasteiger partial charge is 0.507 e. The molecular weight excluding hydrogens is 428 g/mol. The second kappa shape index (κ2) is 10.5. The number of hydrogen-bond donors (Lipinski definition) is 1. The van der Waals surface area contributed by atoms with Crippen molar-refractivity contribution in [2.75, 3.05) is 19.2 Å². The van der Waals surface area contributed by atoms with E-state index in [-0.39, 0.29) is 5.75 Å². The molecular formula is C27H26N4O3. The molecule has 0 aliphatic carbocycles. The molecule has 1 N–H and O–H groups in total. The molecule has 34 heavy (non-hydrogen) atoms. The quantitative estimate of drug-likeness (QED) is 0.291. The number of phenols is 1. The molecule has 1 aromatic heterocycles. The van der Waals surface area contributed by atoms with E-state index in [2.05, 4.69) is 15.1 Å². The van der Waals surface area contributed by atoms with Crippen LogP contribution in [-0.2, 0) is 6.61 Å². The normalized spacial score (nSPS) is 10.9. The number of aryl methyl sites for hydroxylation is 1. The van der Waals surface area contributed by atoms with Crippen molar-refractivity contribution in [3.05, 3.63) is 95.7 Å². The van der Waals surface area contributed by atoms with Crippen LogP contribution in [0.2, 0.25) is 0 Å². The van der Waals surface area contributed by atoms with Gasteiger partial charge in [0.15, 0.2) is 23.1 Å². The van der Waals surface area contributed by atoms with Gasteiger partial charge >= 0.3 is 0 Å². The van der Waals surface area contributed by atoms with E-state index in [9.17, 15) is 5.11 Å². The zero-order valence-corrected chi connectivity index (χ0v) is 19.3. The van der Waals surface area contributed by atoms with Crippen molar-refractivity contribution < 1.29 is 14.6 Å². The van der Waals surface area contributed by atoms with Crippen molar-refractivity contribution in [3.63, 3.8) is 0 Å². The van der Waals surface area contributed by atoms with Gasteiger partial charge in [-0.05, 0) is 48.4 Å². The second-order valence-corrected chi connectivity index (χ2v) is 7.66. The summed E-state index contributed by atoms with van der Waals surface area (Å²) in [5.41, 5.74) is 3.26. The average Bonchev–Trinajstić information content (AvgIpc) is 2.86. The van der Waals surface area contributed by atoms with Gasteiger partial charge in [0, 0.05) is 18.8 Å². The van der Waals surface area contributed by atoms with E-state index in [4.69, 9.17) is 9.47 Å².